The molecule has 4 nitrogen and oxygen atoms in total. The number of nitrogens with two attached hydrogens (primary N) is 1. The molecule has 7 heteroatoms. The molecular formula is C14H7BrCl2N2O2. The van der Waals surface area contributed by atoms with Crippen LogP contribution in [0.15, 0.2) is 39.5 Å². The first-order valence-electron chi connectivity index (χ1n) is 5.81. The summed E-state index contributed by atoms with van der Waals surface area (Å²) in [6.45, 7) is 0. The number of fused-ring (bicyclic) bond motifs is 1. The second-order valence-corrected chi connectivity index (χ2v) is 5.87. The lowest BCUT2D eigenvalue weighted by Gasteiger charge is -2.03. The largest absolute Gasteiger partial charge is 0.450 e. The Morgan fingerprint density at radius 3 is 2.76 bits per heavy atom. The lowest BCUT2D eigenvalue weighted by molar-refractivity contribution is 0.101. The molecule has 3 rings (SSSR count). The molecule has 0 radical (unpaired) electrons. The summed E-state index contributed by atoms with van der Waals surface area (Å²) in [5.41, 5.74) is 6.91. The van der Waals surface area contributed by atoms with Crippen LogP contribution in [0.4, 0.5) is 5.69 Å². The molecule has 2 N–H and O–H groups in total. The fourth-order valence-corrected chi connectivity index (χ4v) is 3.02. The van der Waals surface area contributed by atoms with E-state index in [1.807, 2.05) is 0 Å². The molecule has 2 aromatic heterocycles. The molecule has 1 aromatic carbocycles. The maximum absolute atomic E-state index is 12.6. The van der Waals surface area contributed by atoms with E-state index in [4.69, 9.17) is 33.4 Å². The Labute approximate surface area is 138 Å². The Bertz CT molecular complexity index is 857. The van der Waals surface area contributed by atoms with Crippen molar-refractivity contribution in [2.75, 3.05) is 5.73 Å². The minimum absolute atomic E-state index is 0.0165. The number of hydrogen-bond acceptors (Lipinski definition) is 4. The maximum Gasteiger partial charge on any atom is 0.234 e. The highest BCUT2D eigenvalue weighted by Crippen LogP contribution is 2.34. The summed E-state index contributed by atoms with van der Waals surface area (Å²) in [6, 6.07) is 6.49. The lowest BCUT2D eigenvalue weighted by Crippen LogP contribution is -2.05. The Kier molecular flexibility index (Phi) is 3.65. The third kappa shape index (κ3) is 2.41. The average molecular weight is 386 g/mol. The molecule has 21 heavy (non-hydrogen) atoms. The molecule has 0 atom stereocenters. The molecule has 0 fully saturated rings. The van der Waals surface area contributed by atoms with Crippen LogP contribution in [0.5, 0.6) is 0 Å². The first-order chi connectivity index (χ1) is 9.99. The summed E-state index contributed by atoms with van der Waals surface area (Å²) >= 11 is 15.2. The van der Waals surface area contributed by atoms with Crippen LogP contribution >= 0.6 is 39.1 Å². The summed E-state index contributed by atoms with van der Waals surface area (Å²) in [7, 11) is 0. The predicted molar refractivity (Wildman–Crippen MR) is 86.0 cm³/mol. The molecule has 0 amide bonds. The summed E-state index contributed by atoms with van der Waals surface area (Å²) in [6.07, 6.45) is 1.49. The third-order valence-electron chi connectivity index (χ3n) is 2.98. The van der Waals surface area contributed by atoms with Crippen molar-refractivity contribution >= 4 is 61.6 Å². The SMILES string of the molecule is Nc1c(C(=O)c2c(Cl)ccnc2Br)oc2ccc(Cl)cc12. The van der Waals surface area contributed by atoms with Gasteiger partial charge >= 0.3 is 0 Å². The van der Waals surface area contributed by atoms with Crippen LogP contribution in [0.25, 0.3) is 11.0 Å². The van der Waals surface area contributed by atoms with Gasteiger partial charge in [-0.1, -0.05) is 23.2 Å². The first kappa shape index (κ1) is 14.4. The second-order valence-electron chi connectivity index (χ2n) is 4.27. The zero-order valence-corrected chi connectivity index (χ0v) is 13.5. The molecule has 106 valence electrons. The third-order valence-corrected chi connectivity index (χ3v) is 4.13. The first-order valence-corrected chi connectivity index (χ1v) is 7.36. The summed E-state index contributed by atoms with van der Waals surface area (Å²) in [4.78, 5) is 16.6. The van der Waals surface area contributed by atoms with Crippen molar-refractivity contribution < 1.29 is 9.21 Å². The van der Waals surface area contributed by atoms with Crippen LogP contribution in [0.1, 0.15) is 16.1 Å². The Morgan fingerprint density at radius 1 is 1.29 bits per heavy atom. The van der Waals surface area contributed by atoms with E-state index in [1.165, 1.54) is 12.3 Å². The molecule has 0 bridgehead atoms. The van der Waals surface area contributed by atoms with Crippen molar-refractivity contribution in [2.45, 2.75) is 0 Å². The van der Waals surface area contributed by atoms with E-state index in [2.05, 4.69) is 20.9 Å². The molecule has 0 unspecified atom stereocenters. The van der Waals surface area contributed by atoms with Crippen LogP contribution in [-0.4, -0.2) is 10.8 Å². The Morgan fingerprint density at radius 2 is 2.05 bits per heavy atom. The predicted octanol–water partition coefficient (Wildman–Crippen LogP) is 4.71. The van der Waals surface area contributed by atoms with Gasteiger partial charge in [-0.3, -0.25) is 4.79 Å². The molecule has 0 aliphatic heterocycles. The molecule has 3 aromatic rings. The number of carbonyl (C=O) groups is 1. The normalized spacial score (nSPS) is 11.0. The van der Waals surface area contributed by atoms with E-state index in [9.17, 15) is 4.79 Å². The number of nitrogen functional groups attached to an aromatic ring is 1. The van der Waals surface area contributed by atoms with E-state index in [0.717, 1.165) is 0 Å². The molecule has 0 saturated heterocycles. The second kappa shape index (κ2) is 5.33. The minimum atomic E-state index is -0.440. The standard InChI is InChI=1S/C14H7BrCl2N2O2/c15-14-10(8(17)3-4-19-14)12(20)13-11(18)7-5-6(16)1-2-9(7)21-13/h1-5H,18H2. The highest BCUT2D eigenvalue weighted by Gasteiger charge is 2.24. The van der Waals surface area contributed by atoms with Gasteiger partial charge in [0.2, 0.25) is 5.78 Å². The highest BCUT2D eigenvalue weighted by atomic mass is 79.9. The van der Waals surface area contributed by atoms with Gasteiger partial charge in [0.1, 0.15) is 10.2 Å². The zero-order chi connectivity index (χ0) is 15.1. The average Bonchev–Trinajstić information content (AvgIpc) is 2.76. The number of hydrogen-bond donors (Lipinski definition) is 1. The summed E-state index contributed by atoms with van der Waals surface area (Å²) < 4.78 is 5.87. The minimum Gasteiger partial charge on any atom is -0.450 e. The van der Waals surface area contributed by atoms with Gasteiger partial charge in [0.15, 0.2) is 5.76 Å². The number of furan rings is 1. The van der Waals surface area contributed by atoms with Gasteiger partial charge in [-0.05, 0) is 40.2 Å². The molecule has 0 aliphatic carbocycles. The van der Waals surface area contributed by atoms with E-state index < -0.39 is 5.78 Å². The van der Waals surface area contributed by atoms with Crippen LogP contribution in [0.3, 0.4) is 0 Å². The topological polar surface area (TPSA) is 69.1 Å². The Hall–Kier alpha value is -1.56. The molecular weight excluding hydrogens is 379 g/mol. The number of aromatic nitrogens is 1. The molecule has 0 saturated carbocycles. The number of carbonyl (C=O) groups excluding carboxylic acids is 1. The summed E-state index contributed by atoms with van der Waals surface area (Å²) in [5.74, 6) is -0.423. The zero-order valence-electron chi connectivity index (χ0n) is 10.4. The number of benzene rings is 1. The van der Waals surface area contributed by atoms with E-state index >= 15 is 0 Å². The fraction of sp³-hybridized carbons (Fsp3) is 0. The van der Waals surface area contributed by atoms with Gasteiger partial charge in [0.05, 0.1) is 16.3 Å². The highest BCUT2D eigenvalue weighted by molar-refractivity contribution is 9.10. The number of ketones is 1. The van der Waals surface area contributed by atoms with Crippen molar-refractivity contribution in [3.63, 3.8) is 0 Å². The van der Waals surface area contributed by atoms with Gasteiger partial charge in [0.25, 0.3) is 0 Å². The Balaban J connectivity index is 2.21. The van der Waals surface area contributed by atoms with Crippen LogP contribution < -0.4 is 5.73 Å². The molecule has 2 heterocycles. The number of halogens is 3. The fourth-order valence-electron chi connectivity index (χ4n) is 1.99. The monoisotopic (exact) mass is 384 g/mol. The quantitative estimate of drug-likeness (QED) is 0.512. The number of rotatable bonds is 2. The van der Waals surface area contributed by atoms with Gasteiger partial charge in [-0.15, -0.1) is 0 Å². The van der Waals surface area contributed by atoms with Crippen LogP contribution in [0, 0.1) is 0 Å². The van der Waals surface area contributed by atoms with Crippen molar-refractivity contribution in [3.05, 3.63) is 56.4 Å². The van der Waals surface area contributed by atoms with Crippen molar-refractivity contribution in [1.82, 2.24) is 4.98 Å². The van der Waals surface area contributed by atoms with Crippen molar-refractivity contribution in [1.29, 1.82) is 0 Å². The van der Waals surface area contributed by atoms with Gasteiger partial charge < -0.3 is 10.2 Å². The van der Waals surface area contributed by atoms with E-state index in [1.54, 1.807) is 18.2 Å². The van der Waals surface area contributed by atoms with Crippen molar-refractivity contribution in [3.8, 4) is 0 Å². The summed E-state index contributed by atoms with van der Waals surface area (Å²) in [5, 5.41) is 1.36. The number of anilines is 1. The maximum atomic E-state index is 12.6. The number of nitrogens with zero attached hydrogens (tertiary/aromatic N) is 1. The lowest BCUT2D eigenvalue weighted by atomic mass is 10.1. The van der Waals surface area contributed by atoms with E-state index in [0.29, 0.717) is 20.6 Å². The van der Waals surface area contributed by atoms with E-state index in [-0.39, 0.29) is 22.0 Å². The molecule has 0 aliphatic rings. The van der Waals surface area contributed by atoms with Gasteiger partial charge in [0, 0.05) is 16.6 Å². The number of pyridine rings is 1. The van der Waals surface area contributed by atoms with Gasteiger partial charge in [-0.2, -0.15) is 0 Å². The van der Waals surface area contributed by atoms with Crippen molar-refractivity contribution in [2.24, 2.45) is 0 Å². The van der Waals surface area contributed by atoms with Gasteiger partial charge in [-0.25, -0.2) is 4.98 Å². The molecule has 0 spiro atoms. The van der Waals surface area contributed by atoms with Crippen LogP contribution in [-0.2, 0) is 0 Å². The van der Waals surface area contributed by atoms with Crippen LogP contribution in [0.2, 0.25) is 10.0 Å². The smallest absolute Gasteiger partial charge is 0.234 e.